The molecule has 0 heterocycles. The molecule has 0 saturated heterocycles. The molecule has 1 saturated carbocycles. The third-order valence-corrected chi connectivity index (χ3v) is 4.59. The highest BCUT2D eigenvalue weighted by Crippen LogP contribution is 2.26. The molecule has 0 aliphatic heterocycles. The van der Waals surface area contributed by atoms with Crippen molar-refractivity contribution in [2.45, 2.75) is 39.0 Å². The Bertz CT molecular complexity index is 562. The number of hydrogen-bond acceptors (Lipinski definition) is 1. The van der Waals surface area contributed by atoms with E-state index >= 15 is 0 Å². The smallest absolute Gasteiger partial charge is 0.119 e. The van der Waals surface area contributed by atoms with Crippen LogP contribution in [0.1, 0.15) is 38.2 Å². The predicted molar refractivity (Wildman–Crippen MR) is 93.0 cm³/mol. The number of ether oxygens (including phenoxy) is 1. The molecule has 1 aliphatic carbocycles. The van der Waals surface area contributed by atoms with Crippen LogP contribution in [0.5, 0.6) is 5.75 Å². The fourth-order valence-electron chi connectivity index (χ4n) is 3.05. The van der Waals surface area contributed by atoms with Crippen LogP contribution >= 0.6 is 0 Å². The van der Waals surface area contributed by atoms with E-state index in [1.807, 2.05) is 0 Å². The highest BCUT2D eigenvalue weighted by molar-refractivity contribution is 5.64. The molecule has 3 rings (SSSR count). The first-order valence-corrected chi connectivity index (χ1v) is 8.49. The van der Waals surface area contributed by atoms with Crippen LogP contribution in [0.2, 0.25) is 0 Å². The van der Waals surface area contributed by atoms with Crippen LogP contribution in [0.3, 0.4) is 0 Å². The van der Waals surface area contributed by atoms with Gasteiger partial charge >= 0.3 is 0 Å². The van der Waals surface area contributed by atoms with E-state index in [4.69, 9.17) is 4.74 Å². The van der Waals surface area contributed by atoms with Crippen molar-refractivity contribution >= 4 is 0 Å². The Morgan fingerprint density at radius 3 is 2.05 bits per heavy atom. The fraction of sp³-hybridized carbons (Fsp3) is 0.381. The summed E-state index contributed by atoms with van der Waals surface area (Å²) in [5, 5.41) is 0. The Morgan fingerprint density at radius 1 is 0.864 bits per heavy atom. The van der Waals surface area contributed by atoms with Gasteiger partial charge in [0.2, 0.25) is 0 Å². The SMILES string of the molecule is CCc1ccc(-c2ccc(OCC3CC[CH]CC3)cc2)cc1. The average molecular weight is 293 g/mol. The molecule has 1 radical (unpaired) electrons. The molecule has 1 heteroatoms. The third-order valence-electron chi connectivity index (χ3n) is 4.59. The Morgan fingerprint density at radius 2 is 1.45 bits per heavy atom. The summed E-state index contributed by atoms with van der Waals surface area (Å²) in [4.78, 5) is 0. The summed E-state index contributed by atoms with van der Waals surface area (Å²) in [5.41, 5.74) is 3.90. The highest BCUT2D eigenvalue weighted by atomic mass is 16.5. The summed E-state index contributed by atoms with van der Waals surface area (Å²) in [7, 11) is 0. The van der Waals surface area contributed by atoms with Crippen molar-refractivity contribution in [2.75, 3.05) is 6.61 Å². The Balaban J connectivity index is 1.59. The standard InChI is InChI=1S/C21H25O/c1-2-17-8-10-19(11-9-17)20-12-14-21(15-13-20)22-16-18-6-4-3-5-7-18/h3,8-15,18H,2,4-7,16H2,1H3. The molecule has 0 N–H and O–H groups in total. The van der Waals surface area contributed by atoms with Crippen LogP contribution in [-0.2, 0) is 6.42 Å². The summed E-state index contributed by atoms with van der Waals surface area (Å²) < 4.78 is 5.96. The lowest BCUT2D eigenvalue weighted by Gasteiger charge is -2.21. The predicted octanol–water partition coefficient (Wildman–Crippen LogP) is 5.69. The monoisotopic (exact) mass is 293 g/mol. The maximum Gasteiger partial charge on any atom is 0.119 e. The van der Waals surface area contributed by atoms with Crippen LogP contribution in [0, 0.1) is 12.3 Å². The van der Waals surface area contributed by atoms with Gasteiger partial charge in [-0.3, -0.25) is 0 Å². The largest absolute Gasteiger partial charge is 0.493 e. The minimum atomic E-state index is 0.728. The summed E-state index contributed by atoms with van der Waals surface area (Å²) in [6.07, 6.45) is 8.55. The lowest BCUT2D eigenvalue weighted by atomic mass is 9.90. The van der Waals surface area contributed by atoms with E-state index in [1.165, 1.54) is 42.4 Å². The van der Waals surface area contributed by atoms with E-state index in [0.717, 1.165) is 24.7 Å². The lowest BCUT2D eigenvalue weighted by molar-refractivity contribution is 0.221. The third kappa shape index (κ3) is 3.91. The van der Waals surface area contributed by atoms with Crippen molar-refractivity contribution in [3.63, 3.8) is 0 Å². The molecule has 0 unspecified atom stereocenters. The number of aryl methyl sites for hydroxylation is 1. The topological polar surface area (TPSA) is 9.23 Å². The Kier molecular flexibility index (Phi) is 5.15. The maximum absolute atomic E-state index is 5.96. The van der Waals surface area contributed by atoms with E-state index < -0.39 is 0 Å². The second kappa shape index (κ2) is 7.49. The molecule has 0 atom stereocenters. The zero-order valence-electron chi connectivity index (χ0n) is 13.4. The molecule has 115 valence electrons. The lowest BCUT2D eigenvalue weighted by Crippen LogP contribution is -2.15. The first-order valence-electron chi connectivity index (χ1n) is 8.49. The van der Waals surface area contributed by atoms with E-state index in [-0.39, 0.29) is 0 Å². The molecule has 2 aromatic carbocycles. The quantitative estimate of drug-likeness (QED) is 0.688. The number of rotatable bonds is 5. The highest BCUT2D eigenvalue weighted by Gasteiger charge is 2.14. The molecule has 1 nitrogen and oxygen atoms in total. The van der Waals surface area contributed by atoms with Crippen LogP contribution < -0.4 is 4.74 Å². The van der Waals surface area contributed by atoms with Gasteiger partial charge in [0, 0.05) is 0 Å². The van der Waals surface area contributed by atoms with Crippen molar-refractivity contribution in [2.24, 2.45) is 5.92 Å². The normalized spacial score (nSPS) is 15.7. The molecule has 0 spiro atoms. The van der Waals surface area contributed by atoms with Crippen molar-refractivity contribution in [1.29, 1.82) is 0 Å². The zero-order valence-corrected chi connectivity index (χ0v) is 13.4. The Labute approximate surface area is 134 Å². The molecular weight excluding hydrogens is 268 g/mol. The van der Waals surface area contributed by atoms with Gasteiger partial charge in [-0.25, -0.2) is 0 Å². The molecule has 0 aromatic heterocycles. The Hall–Kier alpha value is -1.76. The van der Waals surface area contributed by atoms with Gasteiger partial charge in [0.05, 0.1) is 6.61 Å². The van der Waals surface area contributed by atoms with Crippen LogP contribution in [0.15, 0.2) is 48.5 Å². The molecule has 22 heavy (non-hydrogen) atoms. The van der Waals surface area contributed by atoms with E-state index in [0.29, 0.717) is 0 Å². The summed E-state index contributed by atoms with van der Waals surface area (Å²) in [6, 6.07) is 17.3. The van der Waals surface area contributed by atoms with Gasteiger partial charge in [0.25, 0.3) is 0 Å². The molecule has 1 aliphatic rings. The molecule has 2 aromatic rings. The molecule has 0 bridgehead atoms. The van der Waals surface area contributed by atoms with Crippen molar-refractivity contribution in [1.82, 2.24) is 0 Å². The molecular formula is C21H25O. The van der Waals surface area contributed by atoms with Crippen molar-refractivity contribution in [3.8, 4) is 16.9 Å². The van der Waals surface area contributed by atoms with Crippen LogP contribution in [-0.4, -0.2) is 6.61 Å². The molecule has 0 amide bonds. The van der Waals surface area contributed by atoms with Gasteiger partial charge in [-0.1, -0.05) is 43.3 Å². The summed E-state index contributed by atoms with van der Waals surface area (Å²) in [5.74, 6) is 1.72. The zero-order chi connectivity index (χ0) is 15.2. The van der Waals surface area contributed by atoms with Crippen molar-refractivity contribution < 1.29 is 4.74 Å². The van der Waals surface area contributed by atoms with Crippen LogP contribution in [0.4, 0.5) is 0 Å². The second-order valence-electron chi connectivity index (χ2n) is 6.20. The average Bonchev–Trinajstić information content (AvgIpc) is 2.61. The van der Waals surface area contributed by atoms with Gasteiger partial charge in [-0.05, 0) is 73.3 Å². The number of hydrogen-bond donors (Lipinski definition) is 0. The van der Waals surface area contributed by atoms with Gasteiger partial charge in [0.1, 0.15) is 5.75 Å². The summed E-state index contributed by atoms with van der Waals surface area (Å²) in [6.45, 7) is 3.05. The van der Waals surface area contributed by atoms with E-state index in [1.54, 1.807) is 0 Å². The maximum atomic E-state index is 5.96. The van der Waals surface area contributed by atoms with E-state index in [9.17, 15) is 0 Å². The first kappa shape index (κ1) is 15.1. The van der Waals surface area contributed by atoms with Gasteiger partial charge in [-0.15, -0.1) is 0 Å². The minimum absolute atomic E-state index is 0.728. The fourth-order valence-corrected chi connectivity index (χ4v) is 3.05. The minimum Gasteiger partial charge on any atom is -0.493 e. The molecule has 1 fully saturated rings. The van der Waals surface area contributed by atoms with Crippen LogP contribution in [0.25, 0.3) is 11.1 Å². The second-order valence-corrected chi connectivity index (χ2v) is 6.20. The first-order chi connectivity index (χ1) is 10.8. The van der Waals surface area contributed by atoms with Crippen molar-refractivity contribution in [3.05, 3.63) is 60.5 Å². The summed E-state index contributed by atoms with van der Waals surface area (Å²) >= 11 is 0. The van der Waals surface area contributed by atoms with Gasteiger partial charge in [-0.2, -0.15) is 0 Å². The number of benzene rings is 2. The van der Waals surface area contributed by atoms with Gasteiger partial charge < -0.3 is 4.74 Å². The van der Waals surface area contributed by atoms with Gasteiger partial charge in [0.15, 0.2) is 0 Å². The van der Waals surface area contributed by atoms with E-state index in [2.05, 4.69) is 61.9 Å².